The molecule has 0 bridgehead atoms. The number of hydrogen-bond acceptors (Lipinski definition) is 4. The number of thioether (sulfide) groups is 1. The Hall–Kier alpha value is -0.350. The zero-order chi connectivity index (χ0) is 15.7. The fraction of sp³-hybridized carbons (Fsp3) is 0.778. The zero-order valence-electron chi connectivity index (χ0n) is 14.1. The van der Waals surface area contributed by atoms with E-state index in [1.807, 2.05) is 18.0 Å². The minimum absolute atomic E-state index is 0.202. The van der Waals surface area contributed by atoms with Crippen LogP contribution in [0.1, 0.15) is 83.1 Å². The van der Waals surface area contributed by atoms with Crippen molar-refractivity contribution >= 4 is 28.1 Å². The molecule has 1 aromatic rings. The van der Waals surface area contributed by atoms with Crippen LogP contribution in [-0.4, -0.2) is 21.3 Å². The SMILES string of the molecule is CCCCCCC1(CCCCCC)CSC(c2nccs2)=N1. The van der Waals surface area contributed by atoms with E-state index in [-0.39, 0.29) is 5.54 Å². The van der Waals surface area contributed by atoms with Crippen LogP contribution in [0, 0.1) is 0 Å². The van der Waals surface area contributed by atoms with Crippen molar-refractivity contribution in [3.05, 3.63) is 16.6 Å². The molecule has 1 aliphatic heterocycles. The monoisotopic (exact) mass is 338 g/mol. The number of thiazole rings is 1. The Balaban J connectivity index is 1.95. The minimum atomic E-state index is 0.202. The molecule has 2 heterocycles. The average Bonchev–Trinajstić information content (AvgIpc) is 3.18. The number of aliphatic imine (C=N–C) groups is 1. The van der Waals surface area contributed by atoms with Gasteiger partial charge in [0.2, 0.25) is 0 Å². The maximum absolute atomic E-state index is 5.18. The normalized spacial score (nSPS) is 16.9. The molecule has 4 heteroatoms. The first kappa shape index (κ1) is 18.0. The van der Waals surface area contributed by atoms with Crippen LogP contribution in [0.15, 0.2) is 16.6 Å². The third-order valence-corrected chi connectivity index (χ3v) is 6.57. The van der Waals surface area contributed by atoms with E-state index < -0.39 is 0 Å². The minimum Gasteiger partial charge on any atom is -0.268 e. The molecule has 2 nitrogen and oxygen atoms in total. The van der Waals surface area contributed by atoms with Gasteiger partial charge in [-0.2, -0.15) is 0 Å². The second-order valence-corrected chi connectivity index (χ2v) is 8.25. The molecule has 0 radical (unpaired) electrons. The van der Waals surface area contributed by atoms with Gasteiger partial charge in [0.15, 0.2) is 0 Å². The molecule has 22 heavy (non-hydrogen) atoms. The van der Waals surface area contributed by atoms with Gasteiger partial charge < -0.3 is 0 Å². The highest BCUT2D eigenvalue weighted by atomic mass is 32.2. The standard InChI is InChI=1S/C18H30N2S2/c1-3-5-7-9-11-18(12-10-8-6-4-2)15-22-17(20-18)16-19-13-14-21-16/h13-14H,3-12,15H2,1-2H3. The smallest absolute Gasteiger partial charge is 0.147 e. The van der Waals surface area contributed by atoms with Gasteiger partial charge in [-0.1, -0.05) is 65.2 Å². The van der Waals surface area contributed by atoms with Crippen molar-refractivity contribution in [1.29, 1.82) is 0 Å². The molecule has 1 aliphatic rings. The van der Waals surface area contributed by atoms with Crippen molar-refractivity contribution in [3.8, 4) is 0 Å². The van der Waals surface area contributed by atoms with Gasteiger partial charge in [0.25, 0.3) is 0 Å². The van der Waals surface area contributed by atoms with Crippen LogP contribution in [0.4, 0.5) is 0 Å². The molecule has 124 valence electrons. The Morgan fingerprint density at radius 2 is 1.68 bits per heavy atom. The van der Waals surface area contributed by atoms with Gasteiger partial charge in [-0.05, 0) is 12.8 Å². The van der Waals surface area contributed by atoms with Gasteiger partial charge in [-0.15, -0.1) is 23.1 Å². The first-order chi connectivity index (χ1) is 10.8. The van der Waals surface area contributed by atoms with Crippen molar-refractivity contribution in [2.45, 2.75) is 83.6 Å². The Labute approximate surface area is 144 Å². The van der Waals surface area contributed by atoms with Crippen LogP contribution in [0.2, 0.25) is 0 Å². The Morgan fingerprint density at radius 1 is 1.00 bits per heavy atom. The van der Waals surface area contributed by atoms with Gasteiger partial charge in [-0.25, -0.2) is 4.98 Å². The summed E-state index contributed by atoms with van der Waals surface area (Å²) in [6, 6.07) is 0. The number of aromatic nitrogens is 1. The summed E-state index contributed by atoms with van der Waals surface area (Å²) < 4.78 is 0. The number of unbranched alkanes of at least 4 members (excludes halogenated alkanes) is 6. The largest absolute Gasteiger partial charge is 0.268 e. The van der Waals surface area contributed by atoms with Crippen LogP contribution < -0.4 is 0 Å². The van der Waals surface area contributed by atoms with Crippen LogP contribution in [0.25, 0.3) is 0 Å². The number of hydrogen-bond donors (Lipinski definition) is 0. The molecule has 0 atom stereocenters. The second-order valence-electron chi connectivity index (χ2n) is 6.39. The number of nitrogens with zero attached hydrogens (tertiary/aromatic N) is 2. The third kappa shape index (κ3) is 5.38. The molecule has 0 aliphatic carbocycles. The van der Waals surface area contributed by atoms with Gasteiger partial charge in [0.05, 0.1) is 5.54 Å². The predicted octanol–water partition coefficient (Wildman–Crippen LogP) is 6.32. The first-order valence-electron chi connectivity index (χ1n) is 8.92. The van der Waals surface area contributed by atoms with E-state index >= 15 is 0 Å². The molecule has 0 aromatic carbocycles. The van der Waals surface area contributed by atoms with E-state index in [1.165, 1.54) is 75.0 Å². The molecule has 0 N–H and O–H groups in total. The Bertz CT molecular complexity index is 428. The Morgan fingerprint density at radius 3 is 2.23 bits per heavy atom. The highest BCUT2D eigenvalue weighted by Gasteiger charge is 2.35. The lowest BCUT2D eigenvalue weighted by atomic mass is 9.88. The molecular weight excluding hydrogens is 308 g/mol. The lowest BCUT2D eigenvalue weighted by molar-refractivity contribution is 0.380. The summed E-state index contributed by atoms with van der Waals surface area (Å²) in [7, 11) is 0. The summed E-state index contributed by atoms with van der Waals surface area (Å²) >= 11 is 3.65. The van der Waals surface area contributed by atoms with E-state index in [4.69, 9.17) is 4.99 Å². The van der Waals surface area contributed by atoms with Crippen molar-refractivity contribution in [2.75, 3.05) is 5.75 Å². The van der Waals surface area contributed by atoms with Crippen molar-refractivity contribution in [3.63, 3.8) is 0 Å². The van der Waals surface area contributed by atoms with E-state index in [9.17, 15) is 0 Å². The van der Waals surface area contributed by atoms with Gasteiger partial charge in [-0.3, -0.25) is 4.99 Å². The van der Waals surface area contributed by atoms with Gasteiger partial charge in [0.1, 0.15) is 10.1 Å². The predicted molar refractivity (Wildman–Crippen MR) is 101 cm³/mol. The molecule has 0 unspecified atom stereocenters. The summed E-state index contributed by atoms with van der Waals surface area (Å²) in [5.74, 6) is 1.17. The number of rotatable bonds is 11. The third-order valence-electron chi connectivity index (χ3n) is 4.42. The van der Waals surface area contributed by atoms with Gasteiger partial charge >= 0.3 is 0 Å². The highest BCUT2D eigenvalue weighted by molar-refractivity contribution is 8.15. The van der Waals surface area contributed by atoms with Crippen molar-refractivity contribution in [2.24, 2.45) is 4.99 Å². The van der Waals surface area contributed by atoms with Crippen molar-refractivity contribution in [1.82, 2.24) is 4.98 Å². The molecule has 0 amide bonds. The lowest BCUT2D eigenvalue weighted by Crippen LogP contribution is -2.27. The van der Waals surface area contributed by atoms with E-state index in [0.29, 0.717) is 0 Å². The van der Waals surface area contributed by atoms with Crippen LogP contribution in [0.3, 0.4) is 0 Å². The van der Waals surface area contributed by atoms with Crippen LogP contribution >= 0.6 is 23.1 Å². The molecule has 0 fully saturated rings. The van der Waals surface area contributed by atoms with E-state index in [1.54, 1.807) is 11.3 Å². The molecular formula is C18H30N2S2. The molecule has 1 aromatic heterocycles. The fourth-order valence-corrected chi connectivity index (χ4v) is 5.10. The second kappa shape index (κ2) is 9.71. The lowest BCUT2D eigenvalue weighted by Gasteiger charge is -2.25. The van der Waals surface area contributed by atoms with Crippen LogP contribution in [-0.2, 0) is 0 Å². The summed E-state index contributed by atoms with van der Waals surface area (Å²) in [6.45, 7) is 4.56. The zero-order valence-corrected chi connectivity index (χ0v) is 15.8. The van der Waals surface area contributed by atoms with E-state index in [2.05, 4.69) is 24.2 Å². The van der Waals surface area contributed by atoms with E-state index in [0.717, 1.165) is 5.01 Å². The topological polar surface area (TPSA) is 25.2 Å². The van der Waals surface area contributed by atoms with Gasteiger partial charge in [0, 0.05) is 17.3 Å². The fourth-order valence-electron chi connectivity index (χ4n) is 3.06. The summed E-state index contributed by atoms with van der Waals surface area (Å²) in [5, 5.41) is 4.37. The summed E-state index contributed by atoms with van der Waals surface area (Å²) in [5.41, 5.74) is 0.202. The highest BCUT2D eigenvalue weighted by Crippen LogP contribution is 2.39. The molecule has 0 saturated heterocycles. The van der Waals surface area contributed by atoms with Crippen molar-refractivity contribution < 1.29 is 0 Å². The molecule has 0 spiro atoms. The Kier molecular flexibility index (Phi) is 7.95. The average molecular weight is 339 g/mol. The first-order valence-corrected chi connectivity index (χ1v) is 10.8. The molecule has 0 saturated carbocycles. The maximum atomic E-state index is 5.18. The maximum Gasteiger partial charge on any atom is 0.147 e. The summed E-state index contributed by atoms with van der Waals surface area (Å²) in [4.78, 5) is 9.63. The summed E-state index contributed by atoms with van der Waals surface area (Å²) in [6.07, 6.45) is 15.2. The molecule has 2 rings (SSSR count). The quantitative estimate of drug-likeness (QED) is 0.441. The van der Waals surface area contributed by atoms with Crippen LogP contribution in [0.5, 0.6) is 0 Å².